The number of halogens is 1. The van der Waals surface area contributed by atoms with E-state index in [1.54, 1.807) is 7.11 Å². The summed E-state index contributed by atoms with van der Waals surface area (Å²) in [6, 6.07) is 0. The van der Waals surface area contributed by atoms with E-state index in [9.17, 15) is 14.9 Å². The zero-order valence-electron chi connectivity index (χ0n) is 11.8. The normalized spacial score (nSPS) is 9.95. The Morgan fingerprint density at radius 1 is 1.48 bits per heavy atom. The first-order valence-electron chi connectivity index (χ1n) is 6.26. The van der Waals surface area contributed by atoms with Crippen LogP contribution in [-0.2, 0) is 16.1 Å². The Bertz CT molecular complexity index is 440. The number of methoxy groups -OCH3 is 1. The molecule has 0 radical (unpaired) electrons. The maximum Gasteiger partial charge on any atom is 0.306 e. The number of amides is 1. The minimum absolute atomic E-state index is 0. The van der Waals surface area contributed by atoms with Crippen molar-refractivity contribution in [2.24, 2.45) is 0 Å². The smallest absolute Gasteiger partial charge is 0.306 e. The fourth-order valence-corrected chi connectivity index (χ4v) is 1.46. The maximum absolute atomic E-state index is 11.5. The van der Waals surface area contributed by atoms with Crippen molar-refractivity contribution in [3.05, 3.63) is 22.5 Å². The predicted octanol–water partition coefficient (Wildman–Crippen LogP) is -0.0446. The second-order valence-corrected chi connectivity index (χ2v) is 4.06. The van der Waals surface area contributed by atoms with Crippen LogP contribution in [0, 0.1) is 10.1 Å². The number of nitro groups is 1. The van der Waals surface area contributed by atoms with Gasteiger partial charge in [0.15, 0.2) is 0 Å². The number of nitrogens with one attached hydrogen (secondary N) is 2. The molecule has 0 aliphatic rings. The van der Waals surface area contributed by atoms with Crippen LogP contribution >= 0.6 is 12.4 Å². The van der Waals surface area contributed by atoms with Crippen LogP contribution in [0.4, 0.5) is 5.69 Å². The zero-order chi connectivity index (χ0) is 14.8. The van der Waals surface area contributed by atoms with E-state index in [4.69, 9.17) is 4.74 Å². The number of hydrogen-bond donors (Lipinski definition) is 2. The highest BCUT2D eigenvalue weighted by Crippen LogP contribution is 2.07. The lowest BCUT2D eigenvalue weighted by Gasteiger charge is -2.06. The van der Waals surface area contributed by atoms with Crippen LogP contribution in [0.1, 0.15) is 6.42 Å². The van der Waals surface area contributed by atoms with Crippen LogP contribution in [-0.4, -0.2) is 54.0 Å². The van der Waals surface area contributed by atoms with Gasteiger partial charge in [0.2, 0.25) is 5.91 Å². The molecule has 120 valence electrons. The third kappa shape index (κ3) is 8.23. The lowest BCUT2D eigenvalue weighted by Crippen LogP contribution is -2.33. The van der Waals surface area contributed by atoms with Gasteiger partial charge < -0.3 is 15.4 Å². The minimum atomic E-state index is -0.519. The van der Waals surface area contributed by atoms with Crippen molar-refractivity contribution in [1.29, 1.82) is 0 Å². The number of aryl methyl sites for hydroxylation is 1. The number of rotatable bonds is 10. The molecule has 1 aromatic heterocycles. The number of ether oxygens (including phenoxy) is 1. The molecule has 1 rings (SSSR count). The largest absolute Gasteiger partial charge is 0.383 e. The van der Waals surface area contributed by atoms with E-state index >= 15 is 0 Å². The summed E-state index contributed by atoms with van der Waals surface area (Å²) in [4.78, 5) is 21.4. The Kier molecular flexibility index (Phi) is 10.1. The van der Waals surface area contributed by atoms with Crippen LogP contribution in [0.3, 0.4) is 0 Å². The van der Waals surface area contributed by atoms with E-state index < -0.39 is 4.92 Å². The van der Waals surface area contributed by atoms with Crippen molar-refractivity contribution in [2.45, 2.75) is 13.0 Å². The molecule has 0 unspecified atom stereocenters. The SMILES string of the molecule is COCCNCCNC(=O)CCn1cc([N+](=O)[O-])cn1.Cl. The monoisotopic (exact) mass is 321 g/mol. The Balaban J connectivity index is 0.00000400. The van der Waals surface area contributed by atoms with E-state index in [-0.39, 0.29) is 30.4 Å². The van der Waals surface area contributed by atoms with Gasteiger partial charge in [-0.25, -0.2) is 0 Å². The Labute approximate surface area is 128 Å². The van der Waals surface area contributed by atoms with Crippen molar-refractivity contribution in [1.82, 2.24) is 20.4 Å². The molecule has 0 atom stereocenters. The number of carbonyl (C=O) groups is 1. The molecule has 9 nitrogen and oxygen atoms in total. The zero-order valence-corrected chi connectivity index (χ0v) is 12.6. The van der Waals surface area contributed by atoms with Gasteiger partial charge in [-0.05, 0) is 0 Å². The Morgan fingerprint density at radius 2 is 2.24 bits per heavy atom. The summed E-state index contributed by atoms with van der Waals surface area (Å²) in [6.45, 7) is 2.89. The van der Waals surface area contributed by atoms with E-state index in [0.29, 0.717) is 26.2 Å². The topological polar surface area (TPSA) is 111 Å². The standard InChI is InChI=1S/C11H19N5O4.ClH/c1-20-7-5-12-3-4-13-11(17)2-6-15-9-10(8-14-15)16(18)19;/h8-9,12H,2-7H2,1H3,(H,13,17);1H. The van der Waals surface area contributed by atoms with Gasteiger partial charge in [0, 0.05) is 39.7 Å². The quantitative estimate of drug-likeness (QED) is 0.355. The van der Waals surface area contributed by atoms with Crippen molar-refractivity contribution in [3.63, 3.8) is 0 Å². The average Bonchev–Trinajstić information content (AvgIpc) is 2.89. The summed E-state index contributed by atoms with van der Waals surface area (Å²) in [5.41, 5.74) is -0.0762. The molecule has 0 fully saturated rings. The summed E-state index contributed by atoms with van der Waals surface area (Å²) >= 11 is 0. The first kappa shape index (κ1) is 19.3. The highest BCUT2D eigenvalue weighted by molar-refractivity contribution is 5.85. The van der Waals surface area contributed by atoms with Crippen molar-refractivity contribution in [3.8, 4) is 0 Å². The fourth-order valence-electron chi connectivity index (χ4n) is 1.46. The average molecular weight is 322 g/mol. The molecule has 0 spiro atoms. The van der Waals surface area contributed by atoms with Crippen LogP contribution in [0.15, 0.2) is 12.4 Å². The summed E-state index contributed by atoms with van der Waals surface area (Å²) < 4.78 is 6.25. The minimum Gasteiger partial charge on any atom is -0.383 e. The van der Waals surface area contributed by atoms with Gasteiger partial charge in [0.1, 0.15) is 12.4 Å². The molecular formula is C11H20ClN5O4. The Morgan fingerprint density at radius 3 is 2.86 bits per heavy atom. The Hall–Kier alpha value is -1.71. The molecule has 1 amide bonds. The number of carbonyl (C=O) groups excluding carboxylic acids is 1. The second kappa shape index (κ2) is 11.0. The number of aromatic nitrogens is 2. The van der Waals surface area contributed by atoms with Gasteiger partial charge in [-0.15, -0.1) is 12.4 Å². The fraction of sp³-hybridized carbons (Fsp3) is 0.636. The molecule has 0 saturated carbocycles. The van der Waals surface area contributed by atoms with Gasteiger partial charge in [-0.2, -0.15) is 5.10 Å². The predicted molar refractivity (Wildman–Crippen MR) is 78.5 cm³/mol. The van der Waals surface area contributed by atoms with Gasteiger partial charge in [-0.3, -0.25) is 19.6 Å². The van der Waals surface area contributed by atoms with Gasteiger partial charge in [-0.1, -0.05) is 0 Å². The highest BCUT2D eigenvalue weighted by atomic mass is 35.5. The summed E-state index contributed by atoms with van der Waals surface area (Å²) in [7, 11) is 1.63. The molecule has 0 saturated heterocycles. The number of hydrogen-bond acceptors (Lipinski definition) is 6. The van der Waals surface area contributed by atoms with E-state index in [0.717, 1.165) is 12.7 Å². The van der Waals surface area contributed by atoms with E-state index in [1.165, 1.54) is 10.9 Å². The van der Waals surface area contributed by atoms with Crippen molar-refractivity contribution >= 4 is 24.0 Å². The summed E-state index contributed by atoms with van der Waals surface area (Å²) in [5, 5.41) is 20.1. The molecule has 0 bridgehead atoms. The summed E-state index contributed by atoms with van der Waals surface area (Å²) in [5.74, 6) is -0.114. The maximum atomic E-state index is 11.5. The molecular weight excluding hydrogens is 302 g/mol. The van der Waals surface area contributed by atoms with Crippen LogP contribution in [0.5, 0.6) is 0 Å². The third-order valence-electron chi connectivity index (χ3n) is 2.51. The molecule has 21 heavy (non-hydrogen) atoms. The molecule has 0 aliphatic carbocycles. The molecule has 2 N–H and O–H groups in total. The van der Waals surface area contributed by atoms with Crippen molar-refractivity contribution < 1.29 is 14.5 Å². The van der Waals surface area contributed by atoms with Gasteiger partial charge in [0.05, 0.1) is 11.5 Å². The van der Waals surface area contributed by atoms with Crippen LogP contribution in [0.25, 0.3) is 0 Å². The lowest BCUT2D eigenvalue weighted by molar-refractivity contribution is -0.385. The van der Waals surface area contributed by atoms with Gasteiger partial charge in [0.25, 0.3) is 0 Å². The molecule has 1 aromatic rings. The third-order valence-corrected chi connectivity index (χ3v) is 2.51. The summed E-state index contributed by atoms with van der Waals surface area (Å²) in [6.07, 6.45) is 2.70. The van der Waals surface area contributed by atoms with Gasteiger partial charge >= 0.3 is 5.69 Å². The van der Waals surface area contributed by atoms with Crippen molar-refractivity contribution in [2.75, 3.05) is 33.4 Å². The molecule has 10 heteroatoms. The molecule has 0 aliphatic heterocycles. The van der Waals surface area contributed by atoms with Crippen LogP contribution in [0.2, 0.25) is 0 Å². The molecule has 1 heterocycles. The number of nitrogens with zero attached hydrogens (tertiary/aromatic N) is 3. The highest BCUT2D eigenvalue weighted by Gasteiger charge is 2.09. The second-order valence-electron chi connectivity index (χ2n) is 4.06. The molecule has 0 aromatic carbocycles. The first-order valence-corrected chi connectivity index (χ1v) is 6.26. The first-order chi connectivity index (χ1) is 9.63. The van der Waals surface area contributed by atoms with Crippen LogP contribution < -0.4 is 10.6 Å². The van der Waals surface area contributed by atoms with E-state index in [1.807, 2.05) is 0 Å². The lowest BCUT2D eigenvalue weighted by atomic mass is 10.4. The van der Waals surface area contributed by atoms with E-state index in [2.05, 4.69) is 15.7 Å².